The average Bonchev–Trinajstić information content (AvgIpc) is 3.05. The number of methoxy groups -OCH3 is 1. The summed E-state index contributed by atoms with van der Waals surface area (Å²) in [6, 6.07) is 21.2. The lowest BCUT2D eigenvalue weighted by atomic mass is 10.1. The third kappa shape index (κ3) is 5.51. The predicted octanol–water partition coefficient (Wildman–Crippen LogP) is 5.48. The van der Waals surface area contributed by atoms with Crippen molar-refractivity contribution in [2.75, 3.05) is 17.3 Å². The molecule has 3 aromatic carbocycles. The Morgan fingerprint density at radius 3 is 2.47 bits per heavy atom. The van der Waals surface area contributed by atoms with Crippen LogP contribution in [0.3, 0.4) is 0 Å². The van der Waals surface area contributed by atoms with E-state index in [1.54, 1.807) is 36.3 Å². The van der Waals surface area contributed by atoms with Gasteiger partial charge >= 0.3 is 0 Å². The highest BCUT2D eigenvalue weighted by Gasteiger charge is 2.44. The first-order valence-corrected chi connectivity index (χ1v) is 12.3. The number of amides is 2. The van der Waals surface area contributed by atoms with Gasteiger partial charge in [0, 0.05) is 20.8 Å². The van der Waals surface area contributed by atoms with Gasteiger partial charge < -0.3 is 15.0 Å². The number of nitrogens with one attached hydrogen (secondary N) is 1. The third-order valence-corrected chi connectivity index (χ3v) is 6.78. The summed E-state index contributed by atoms with van der Waals surface area (Å²) in [5.41, 5.74) is 2.18. The minimum Gasteiger partial charge on any atom is -0.497 e. The first-order valence-electron chi connectivity index (χ1n) is 10.4. The summed E-state index contributed by atoms with van der Waals surface area (Å²) in [4.78, 5) is 29.6. The zero-order chi connectivity index (χ0) is 24.2. The van der Waals surface area contributed by atoms with Gasteiger partial charge in [0.25, 0.3) is 5.91 Å². The lowest BCUT2D eigenvalue weighted by Crippen LogP contribution is -2.37. The van der Waals surface area contributed by atoms with Crippen LogP contribution >= 0.6 is 46.4 Å². The molecule has 0 bridgehead atoms. The summed E-state index contributed by atoms with van der Waals surface area (Å²) >= 11 is 14.1. The normalized spacial score (nSPS) is 15.6. The highest BCUT2D eigenvalue weighted by molar-refractivity contribution is 14.1. The van der Waals surface area contributed by atoms with E-state index in [1.165, 1.54) is 4.90 Å². The number of hydrogen-bond acceptors (Lipinski definition) is 4. The molecular weight excluding hydrogens is 585 g/mol. The number of hydrogen-bond donors (Lipinski definition) is 1. The van der Waals surface area contributed by atoms with Gasteiger partial charge in [0.1, 0.15) is 11.8 Å². The average molecular weight is 606 g/mol. The van der Waals surface area contributed by atoms with Crippen LogP contribution in [0.15, 0.2) is 72.8 Å². The van der Waals surface area contributed by atoms with Crippen molar-refractivity contribution in [3.8, 4) is 5.75 Å². The van der Waals surface area contributed by atoms with Crippen LogP contribution in [-0.2, 0) is 16.1 Å². The minimum absolute atomic E-state index is 0.0435. The summed E-state index contributed by atoms with van der Waals surface area (Å²) in [6.07, 6.45) is -0.0435. The molecule has 3 aromatic rings. The molecule has 0 aromatic heterocycles. The minimum atomic E-state index is -0.752. The summed E-state index contributed by atoms with van der Waals surface area (Å²) in [7, 11) is 1.61. The number of benzene rings is 3. The molecule has 1 unspecified atom stereocenters. The smallest absolute Gasteiger partial charge is 0.256 e. The highest BCUT2D eigenvalue weighted by atomic mass is 127. The Morgan fingerprint density at radius 1 is 1.12 bits per heavy atom. The Balaban J connectivity index is 1.60. The second-order valence-corrected chi connectivity index (χ2v) is 9.73. The molecule has 4 rings (SSSR count). The van der Waals surface area contributed by atoms with Gasteiger partial charge in [-0.05, 0) is 95.0 Å². The van der Waals surface area contributed by atoms with Gasteiger partial charge in [-0.3, -0.25) is 14.5 Å². The monoisotopic (exact) mass is 605 g/mol. The Kier molecular flexibility index (Phi) is 7.70. The SMILES string of the molecule is COc1ccc(CN2C(=S)N(c3cccc(Cl)c3)C(=O)C2CC(=O)Nc2ccc(I)cc2)cc1. The van der Waals surface area contributed by atoms with Crippen molar-refractivity contribution in [2.24, 2.45) is 0 Å². The van der Waals surface area contributed by atoms with E-state index >= 15 is 0 Å². The third-order valence-electron chi connectivity index (χ3n) is 5.40. The number of ether oxygens (including phenoxy) is 1. The molecule has 1 aliphatic heterocycles. The van der Waals surface area contributed by atoms with E-state index in [9.17, 15) is 9.59 Å². The molecule has 1 saturated heterocycles. The first kappa shape index (κ1) is 24.4. The quantitative estimate of drug-likeness (QED) is 0.285. The van der Waals surface area contributed by atoms with Crippen molar-refractivity contribution < 1.29 is 14.3 Å². The fourth-order valence-electron chi connectivity index (χ4n) is 3.72. The van der Waals surface area contributed by atoms with Crippen molar-refractivity contribution >= 4 is 74.7 Å². The number of nitrogens with zero attached hydrogens (tertiary/aromatic N) is 2. The van der Waals surface area contributed by atoms with Crippen molar-refractivity contribution in [3.05, 3.63) is 87.0 Å². The molecule has 0 spiro atoms. The van der Waals surface area contributed by atoms with Gasteiger partial charge in [-0.15, -0.1) is 0 Å². The molecule has 1 N–H and O–H groups in total. The second-order valence-electron chi connectivity index (χ2n) is 7.69. The Bertz CT molecular complexity index is 1220. The van der Waals surface area contributed by atoms with Crippen molar-refractivity contribution in [3.63, 3.8) is 0 Å². The maximum absolute atomic E-state index is 13.5. The number of anilines is 2. The van der Waals surface area contributed by atoms with Gasteiger partial charge in [0.2, 0.25) is 5.91 Å². The van der Waals surface area contributed by atoms with Crippen LogP contribution in [0.1, 0.15) is 12.0 Å². The first-order chi connectivity index (χ1) is 16.4. The summed E-state index contributed by atoms with van der Waals surface area (Å²) in [5.74, 6) is 0.200. The number of rotatable bonds is 7. The van der Waals surface area contributed by atoms with E-state index in [4.69, 9.17) is 28.6 Å². The molecule has 34 heavy (non-hydrogen) atoms. The Hall–Kier alpha value is -2.69. The van der Waals surface area contributed by atoms with Crippen molar-refractivity contribution in [2.45, 2.75) is 19.0 Å². The standard InChI is InChI=1S/C25H21ClIN3O3S/c1-33-21-11-5-16(6-12-21)15-29-22(14-23(31)28-19-9-7-18(27)8-10-19)24(32)30(25(29)34)20-4-2-3-17(26)13-20/h2-13,22H,14-15H2,1H3,(H,28,31). The topological polar surface area (TPSA) is 61.9 Å². The van der Waals surface area contributed by atoms with Gasteiger partial charge in [-0.2, -0.15) is 0 Å². The lowest BCUT2D eigenvalue weighted by Gasteiger charge is -2.24. The summed E-state index contributed by atoms with van der Waals surface area (Å²) < 4.78 is 6.30. The zero-order valence-corrected chi connectivity index (χ0v) is 21.9. The highest BCUT2D eigenvalue weighted by Crippen LogP contribution is 2.30. The molecule has 6 nitrogen and oxygen atoms in total. The molecule has 2 amide bonds. The van der Waals surface area contributed by atoms with Crippen LogP contribution in [0.2, 0.25) is 5.02 Å². The van der Waals surface area contributed by atoms with E-state index in [1.807, 2.05) is 48.5 Å². The van der Waals surface area contributed by atoms with Gasteiger partial charge in [0.05, 0.1) is 19.2 Å². The molecule has 1 fully saturated rings. The molecule has 1 heterocycles. The molecule has 9 heteroatoms. The predicted molar refractivity (Wildman–Crippen MR) is 146 cm³/mol. The molecule has 0 aliphatic carbocycles. The van der Waals surface area contributed by atoms with E-state index in [0.29, 0.717) is 28.1 Å². The molecular formula is C25H21ClIN3O3S. The fraction of sp³-hybridized carbons (Fsp3) is 0.160. The maximum atomic E-state index is 13.5. The Morgan fingerprint density at radius 2 is 1.82 bits per heavy atom. The van der Waals surface area contributed by atoms with E-state index in [0.717, 1.165) is 14.9 Å². The van der Waals surface area contributed by atoms with Gasteiger partial charge in [0.15, 0.2) is 5.11 Å². The lowest BCUT2D eigenvalue weighted by molar-refractivity contribution is -0.124. The van der Waals surface area contributed by atoms with Crippen molar-refractivity contribution in [1.82, 2.24) is 4.90 Å². The number of halogens is 2. The van der Waals surface area contributed by atoms with Crippen molar-refractivity contribution in [1.29, 1.82) is 0 Å². The molecule has 1 atom stereocenters. The Labute approximate surface area is 222 Å². The van der Waals surface area contributed by atoms with Crippen LogP contribution in [0.4, 0.5) is 11.4 Å². The van der Waals surface area contributed by atoms with Crippen LogP contribution < -0.4 is 15.0 Å². The zero-order valence-electron chi connectivity index (χ0n) is 18.2. The van der Waals surface area contributed by atoms with E-state index < -0.39 is 6.04 Å². The largest absolute Gasteiger partial charge is 0.497 e. The molecule has 0 radical (unpaired) electrons. The van der Waals surface area contributed by atoms with Crippen LogP contribution in [0.5, 0.6) is 5.75 Å². The number of carbonyl (C=O) groups excluding carboxylic acids is 2. The van der Waals surface area contributed by atoms with Gasteiger partial charge in [-0.25, -0.2) is 0 Å². The molecule has 0 saturated carbocycles. The van der Waals surface area contributed by atoms with Crippen LogP contribution in [0.25, 0.3) is 0 Å². The molecule has 174 valence electrons. The summed E-state index contributed by atoms with van der Waals surface area (Å²) in [5, 5.41) is 3.70. The van der Waals surface area contributed by atoms with Gasteiger partial charge in [-0.1, -0.05) is 29.8 Å². The van der Waals surface area contributed by atoms with E-state index in [-0.39, 0.29) is 18.2 Å². The van der Waals surface area contributed by atoms with Crippen LogP contribution in [-0.4, -0.2) is 35.0 Å². The molecule has 1 aliphatic rings. The maximum Gasteiger partial charge on any atom is 0.256 e. The number of carbonyl (C=O) groups is 2. The number of thiocarbonyl (C=S) groups is 1. The second kappa shape index (κ2) is 10.7. The summed E-state index contributed by atoms with van der Waals surface area (Å²) in [6.45, 7) is 0.368. The van der Waals surface area contributed by atoms with E-state index in [2.05, 4.69) is 27.9 Å². The van der Waals surface area contributed by atoms with Crippen LogP contribution in [0, 0.1) is 3.57 Å². The fourth-order valence-corrected chi connectivity index (χ4v) is 4.65.